The van der Waals surface area contributed by atoms with Crippen LogP contribution >= 0.6 is 0 Å². The Labute approximate surface area is 131 Å². The molecule has 5 heteroatoms. The highest BCUT2D eigenvalue weighted by molar-refractivity contribution is 5.71. The van der Waals surface area contributed by atoms with Crippen LogP contribution in [0.15, 0.2) is 18.2 Å². The van der Waals surface area contributed by atoms with E-state index in [1.807, 2.05) is 36.9 Å². The maximum Gasteiger partial charge on any atom is 0.410 e. The number of carbonyl (C=O) groups excluding carboxylic acids is 1. The molecule has 22 heavy (non-hydrogen) atoms. The molecule has 1 saturated carbocycles. The maximum absolute atomic E-state index is 12.1. The largest absolute Gasteiger partial charge is 0.493 e. The van der Waals surface area contributed by atoms with Crippen molar-refractivity contribution in [2.24, 2.45) is 5.92 Å². The van der Waals surface area contributed by atoms with Crippen molar-refractivity contribution in [1.29, 1.82) is 0 Å². The highest BCUT2D eigenvalue weighted by Gasteiger charge is 2.44. The molecule has 0 spiro atoms. The van der Waals surface area contributed by atoms with Gasteiger partial charge in [0.15, 0.2) is 17.1 Å². The lowest BCUT2D eigenvalue weighted by atomic mass is 9.95. The third kappa shape index (κ3) is 2.85. The number of nitrogens with zero attached hydrogens (tertiary/aromatic N) is 1. The van der Waals surface area contributed by atoms with Crippen LogP contribution in [0.2, 0.25) is 0 Å². The highest BCUT2D eigenvalue weighted by Crippen LogP contribution is 2.39. The number of hydrogen-bond acceptors (Lipinski definition) is 4. The van der Waals surface area contributed by atoms with Gasteiger partial charge < -0.3 is 19.1 Å². The maximum atomic E-state index is 12.1. The summed E-state index contributed by atoms with van der Waals surface area (Å²) >= 11 is 0. The summed E-state index contributed by atoms with van der Waals surface area (Å²) in [6.07, 6.45) is 2.22. The predicted molar refractivity (Wildman–Crippen MR) is 82.3 cm³/mol. The van der Waals surface area contributed by atoms with E-state index >= 15 is 0 Å². The minimum absolute atomic E-state index is 0.219. The molecule has 120 valence electrons. The Morgan fingerprint density at radius 1 is 1.36 bits per heavy atom. The summed E-state index contributed by atoms with van der Waals surface area (Å²) in [5, 5.41) is 0. The first-order chi connectivity index (χ1) is 10.6. The molecule has 1 heterocycles. The fourth-order valence-corrected chi connectivity index (χ4v) is 2.89. The van der Waals surface area contributed by atoms with Gasteiger partial charge in [0.1, 0.15) is 0 Å². The summed E-state index contributed by atoms with van der Waals surface area (Å²) in [5.41, 5.74) is 0.299. The zero-order chi connectivity index (χ0) is 15.7. The van der Waals surface area contributed by atoms with E-state index in [9.17, 15) is 4.79 Å². The van der Waals surface area contributed by atoms with Gasteiger partial charge in [-0.2, -0.15) is 0 Å². The highest BCUT2D eigenvalue weighted by atomic mass is 16.6. The van der Waals surface area contributed by atoms with Crippen LogP contribution in [0.4, 0.5) is 4.79 Å². The van der Waals surface area contributed by atoms with E-state index in [1.54, 1.807) is 7.11 Å². The van der Waals surface area contributed by atoms with Crippen LogP contribution < -0.4 is 9.47 Å². The van der Waals surface area contributed by atoms with Crippen LogP contribution in [0.1, 0.15) is 32.3 Å². The fourth-order valence-electron chi connectivity index (χ4n) is 2.89. The Morgan fingerprint density at radius 2 is 2.14 bits per heavy atom. The second-order valence-corrected chi connectivity index (χ2v) is 6.22. The average molecular weight is 305 g/mol. The van der Waals surface area contributed by atoms with E-state index in [0.29, 0.717) is 30.6 Å². The molecule has 2 aliphatic rings. The summed E-state index contributed by atoms with van der Waals surface area (Å²) < 4.78 is 16.6. The Hall–Kier alpha value is -1.91. The number of carbonyl (C=O) groups is 1. The molecule has 1 aromatic carbocycles. The third-order valence-electron chi connectivity index (χ3n) is 4.31. The van der Waals surface area contributed by atoms with Gasteiger partial charge in [-0.25, -0.2) is 4.79 Å². The second-order valence-electron chi connectivity index (χ2n) is 6.22. The molecule has 2 fully saturated rings. The van der Waals surface area contributed by atoms with E-state index in [4.69, 9.17) is 14.2 Å². The number of rotatable bonds is 6. The SMILES string of the molecule is CCOc1cc(C2(C)CN(CC3CC3)C(=O)O2)ccc1OC. The molecule has 0 N–H and O–H groups in total. The molecule has 1 saturated heterocycles. The molecule has 1 amide bonds. The fraction of sp³-hybridized carbons (Fsp3) is 0.588. The molecule has 0 radical (unpaired) electrons. The van der Waals surface area contributed by atoms with Crippen LogP contribution in [0.3, 0.4) is 0 Å². The number of cyclic esters (lactones) is 1. The summed E-state index contributed by atoms with van der Waals surface area (Å²) in [5.74, 6) is 2.03. The molecular weight excluding hydrogens is 282 g/mol. The van der Waals surface area contributed by atoms with Gasteiger partial charge in [0.05, 0.1) is 20.3 Å². The van der Waals surface area contributed by atoms with Crippen molar-refractivity contribution in [2.75, 3.05) is 26.8 Å². The first kappa shape index (κ1) is 15.0. The standard InChI is InChI=1S/C17H23NO4/c1-4-21-15-9-13(7-8-14(15)20-3)17(2)11-18(16(19)22-17)10-12-5-6-12/h7-9,12H,4-6,10-11H2,1-3H3. The number of hydrogen-bond donors (Lipinski definition) is 0. The van der Waals surface area contributed by atoms with Gasteiger partial charge in [0.2, 0.25) is 0 Å². The van der Waals surface area contributed by atoms with Gasteiger partial charge >= 0.3 is 6.09 Å². The number of benzene rings is 1. The lowest BCUT2D eigenvalue weighted by molar-refractivity contribution is 0.0697. The molecule has 0 aromatic heterocycles. The number of ether oxygens (including phenoxy) is 3. The van der Waals surface area contributed by atoms with Gasteiger partial charge in [0.25, 0.3) is 0 Å². The lowest BCUT2D eigenvalue weighted by Crippen LogP contribution is -2.30. The quantitative estimate of drug-likeness (QED) is 0.810. The van der Waals surface area contributed by atoms with E-state index in [2.05, 4.69) is 0 Å². The van der Waals surface area contributed by atoms with Gasteiger partial charge in [-0.15, -0.1) is 0 Å². The Morgan fingerprint density at radius 3 is 2.77 bits per heavy atom. The summed E-state index contributed by atoms with van der Waals surface area (Å²) in [4.78, 5) is 13.9. The Bertz CT molecular complexity index is 570. The van der Waals surface area contributed by atoms with Crippen LogP contribution in [-0.4, -0.2) is 37.8 Å². The van der Waals surface area contributed by atoms with Crippen LogP contribution in [-0.2, 0) is 10.3 Å². The van der Waals surface area contributed by atoms with Gasteiger partial charge in [-0.05, 0) is 44.7 Å². The van der Waals surface area contributed by atoms with Crippen LogP contribution in [0.25, 0.3) is 0 Å². The van der Waals surface area contributed by atoms with Crippen molar-refractivity contribution < 1.29 is 19.0 Å². The lowest BCUT2D eigenvalue weighted by Gasteiger charge is -2.23. The van der Waals surface area contributed by atoms with Crippen molar-refractivity contribution >= 4 is 6.09 Å². The minimum atomic E-state index is -0.635. The molecular formula is C17H23NO4. The van der Waals surface area contributed by atoms with Crippen molar-refractivity contribution in [3.05, 3.63) is 23.8 Å². The first-order valence-corrected chi connectivity index (χ1v) is 7.85. The molecule has 3 rings (SSSR count). The molecule has 1 aliphatic heterocycles. The van der Waals surface area contributed by atoms with E-state index in [0.717, 1.165) is 12.1 Å². The summed E-state index contributed by atoms with van der Waals surface area (Å²) in [6.45, 7) is 5.84. The molecule has 1 aliphatic carbocycles. The molecule has 5 nitrogen and oxygen atoms in total. The average Bonchev–Trinajstić information content (AvgIpc) is 3.25. The zero-order valence-corrected chi connectivity index (χ0v) is 13.4. The van der Waals surface area contributed by atoms with Crippen molar-refractivity contribution in [2.45, 2.75) is 32.3 Å². The molecule has 0 bridgehead atoms. The number of amides is 1. The van der Waals surface area contributed by atoms with E-state index in [-0.39, 0.29) is 6.09 Å². The molecule has 1 atom stereocenters. The Balaban J connectivity index is 1.82. The second kappa shape index (κ2) is 5.71. The van der Waals surface area contributed by atoms with Crippen molar-refractivity contribution in [3.63, 3.8) is 0 Å². The van der Waals surface area contributed by atoms with Gasteiger partial charge in [-0.3, -0.25) is 0 Å². The topological polar surface area (TPSA) is 48.0 Å². The van der Waals surface area contributed by atoms with Gasteiger partial charge in [0, 0.05) is 12.1 Å². The van der Waals surface area contributed by atoms with Crippen LogP contribution in [0, 0.1) is 5.92 Å². The first-order valence-electron chi connectivity index (χ1n) is 7.85. The van der Waals surface area contributed by atoms with E-state index < -0.39 is 5.60 Å². The van der Waals surface area contributed by atoms with Gasteiger partial charge in [-0.1, -0.05) is 6.07 Å². The molecule has 1 aromatic rings. The molecule has 1 unspecified atom stereocenters. The third-order valence-corrected chi connectivity index (χ3v) is 4.31. The predicted octanol–water partition coefficient (Wildman–Crippen LogP) is 3.17. The monoisotopic (exact) mass is 305 g/mol. The van der Waals surface area contributed by atoms with Crippen molar-refractivity contribution in [1.82, 2.24) is 4.90 Å². The Kier molecular flexibility index (Phi) is 3.89. The van der Waals surface area contributed by atoms with Crippen LogP contribution in [0.5, 0.6) is 11.5 Å². The minimum Gasteiger partial charge on any atom is -0.493 e. The number of methoxy groups -OCH3 is 1. The summed E-state index contributed by atoms with van der Waals surface area (Å²) in [7, 11) is 1.62. The van der Waals surface area contributed by atoms with Crippen molar-refractivity contribution in [3.8, 4) is 11.5 Å². The normalized spacial score (nSPS) is 24.3. The van der Waals surface area contributed by atoms with E-state index in [1.165, 1.54) is 12.8 Å². The summed E-state index contributed by atoms with van der Waals surface area (Å²) in [6, 6.07) is 5.72. The smallest absolute Gasteiger partial charge is 0.410 e. The zero-order valence-electron chi connectivity index (χ0n) is 13.4.